The highest BCUT2D eigenvalue weighted by atomic mass is 16.2. The Morgan fingerprint density at radius 3 is 1.48 bits per heavy atom. The molecule has 1 aliphatic heterocycles. The van der Waals surface area contributed by atoms with E-state index in [2.05, 4.69) is 20.6 Å². The summed E-state index contributed by atoms with van der Waals surface area (Å²) in [6.07, 6.45) is 2.12. The molecule has 2 amide bonds. The first-order valence-electron chi connectivity index (χ1n) is 10.5. The van der Waals surface area contributed by atoms with Crippen LogP contribution in [0.5, 0.6) is 0 Å². The van der Waals surface area contributed by atoms with E-state index < -0.39 is 0 Å². The molecule has 1 fully saturated rings. The van der Waals surface area contributed by atoms with Gasteiger partial charge in [-0.05, 0) is 33.1 Å². The fourth-order valence-electron chi connectivity index (χ4n) is 3.83. The van der Waals surface area contributed by atoms with E-state index in [1.54, 1.807) is 19.2 Å². The van der Waals surface area contributed by atoms with Crippen molar-refractivity contribution >= 4 is 11.8 Å². The maximum absolute atomic E-state index is 13.0. The predicted molar refractivity (Wildman–Crippen MR) is 107 cm³/mol. The molecule has 2 aromatic heterocycles. The summed E-state index contributed by atoms with van der Waals surface area (Å²) in [5, 5.41) is 16.4. The minimum Gasteiger partial charge on any atom is -0.335 e. The largest absolute Gasteiger partial charge is 0.335 e. The van der Waals surface area contributed by atoms with Gasteiger partial charge >= 0.3 is 0 Å². The van der Waals surface area contributed by atoms with E-state index in [0.717, 1.165) is 11.4 Å². The Hall–Kier alpha value is -2.78. The molecule has 158 valence electrons. The Morgan fingerprint density at radius 2 is 1.14 bits per heavy atom. The fraction of sp³-hybridized carbons (Fsp3) is 0.684. The standard InChI is InChI=1S/C19H30N8O2/c1-5-14-16(20-22-26(14)7-3)18(28)24-10-9-11-25(13-12-24)19(29)17-15(6-2)27(8-4)23-21-17/h5-13H2,1-4H3. The Labute approximate surface area is 170 Å². The molecule has 0 N–H and O–H groups in total. The number of hydrogen-bond acceptors (Lipinski definition) is 6. The molecule has 0 saturated carbocycles. The van der Waals surface area contributed by atoms with Crippen LogP contribution in [-0.2, 0) is 25.9 Å². The van der Waals surface area contributed by atoms with Crippen molar-refractivity contribution in [2.75, 3.05) is 26.2 Å². The van der Waals surface area contributed by atoms with Crippen molar-refractivity contribution in [2.24, 2.45) is 0 Å². The zero-order chi connectivity index (χ0) is 21.0. The minimum atomic E-state index is -0.109. The monoisotopic (exact) mass is 402 g/mol. The topological polar surface area (TPSA) is 102 Å². The molecule has 2 aromatic rings. The van der Waals surface area contributed by atoms with Crippen LogP contribution < -0.4 is 0 Å². The normalized spacial score (nSPS) is 14.9. The highest BCUT2D eigenvalue weighted by Gasteiger charge is 2.29. The summed E-state index contributed by atoms with van der Waals surface area (Å²) in [6, 6.07) is 0. The van der Waals surface area contributed by atoms with Gasteiger partial charge in [-0.15, -0.1) is 10.2 Å². The van der Waals surface area contributed by atoms with Gasteiger partial charge in [0.2, 0.25) is 0 Å². The predicted octanol–water partition coefficient (Wildman–Crippen LogP) is 1.02. The molecule has 3 rings (SSSR count). The molecular formula is C19H30N8O2. The molecule has 3 heterocycles. The quantitative estimate of drug-likeness (QED) is 0.715. The minimum absolute atomic E-state index is 0.109. The van der Waals surface area contributed by atoms with Gasteiger partial charge in [-0.2, -0.15) is 0 Å². The summed E-state index contributed by atoms with van der Waals surface area (Å²) in [5.41, 5.74) is 2.57. The lowest BCUT2D eigenvalue weighted by molar-refractivity contribution is 0.0711. The Morgan fingerprint density at radius 1 is 0.724 bits per heavy atom. The molecule has 0 aromatic carbocycles. The highest BCUT2D eigenvalue weighted by Crippen LogP contribution is 2.15. The molecular weight excluding hydrogens is 372 g/mol. The summed E-state index contributed by atoms with van der Waals surface area (Å²) in [7, 11) is 0. The number of nitrogens with zero attached hydrogens (tertiary/aromatic N) is 8. The third-order valence-electron chi connectivity index (χ3n) is 5.42. The van der Waals surface area contributed by atoms with Crippen LogP contribution in [0.3, 0.4) is 0 Å². The van der Waals surface area contributed by atoms with Gasteiger partial charge in [-0.25, -0.2) is 9.36 Å². The van der Waals surface area contributed by atoms with Crippen LogP contribution in [0.2, 0.25) is 0 Å². The van der Waals surface area contributed by atoms with Gasteiger partial charge in [0.05, 0.1) is 11.4 Å². The van der Waals surface area contributed by atoms with Crippen molar-refractivity contribution in [2.45, 2.75) is 60.0 Å². The van der Waals surface area contributed by atoms with Gasteiger partial charge in [0.25, 0.3) is 11.8 Å². The van der Waals surface area contributed by atoms with E-state index in [4.69, 9.17) is 0 Å². The highest BCUT2D eigenvalue weighted by molar-refractivity contribution is 5.94. The van der Waals surface area contributed by atoms with Crippen molar-refractivity contribution in [1.29, 1.82) is 0 Å². The molecule has 0 aliphatic carbocycles. The van der Waals surface area contributed by atoms with Crippen LogP contribution in [-0.4, -0.2) is 77.8 Å². The smallest absolute Gasteiger partial charge is 0.276 e. The Kier molecular flexibility index (Phi) is 6.60. The van der Waals surface area contributed by atoms with E-state index >= 15 is 0 Å². The van der Waals surface area contributed by atoms with Crippen molar-refractivity contribution in [3.63, 3.8) is 0 Å². The SMILES string of the molecule is CCc1c(C(=O)N2CCCN(C(=O)c3nnn(CC)c3CC)CC2)nnn1CC. The second-order valence-electron chi connectivity index (χ2n) is 7.05. The van der Waals surface area contributed by atoms with E-state index in [1.807, 2.05) is 27.7 Å². The van der Waals surface area contributed by atoms with Gasteiger partial charge in [-0.1, -0.05) is 24.3 Å². The van der Waals surface area contributed by atoms with E-state index in [9.17, 15) is 9.59 Å². The molecule has 0 spiro atoms. The van der Waals surface area contributed by atoms with Crippen LogP contribution in [0.4, 0.5) is 0 Å². The number of amides is 2. The van der Waals surface area contributed by atoms with E-state index in [0.29, 0.717) is 69.9 Å². The third-order valence-corrected chi connectivity index (χ3v) is 5.42. The number of aryl methyl sites for hydroxylation is 2. The molecule has 10 heteroatoms. The molecule has 29 heavy (non-hydrogen) atoms. The summed E-state index contributed by atoms with van der Waals surface area (Å²) in [6.45, 7) is 11.5. The van der Waals surface area contributed by atoms with Crippen LogP contribution in [0.25, 0.3) is 0 Å². The number of carbonyl (C=O) groups is 2. The average molecular weight is 403 g/mol. The zero-order valence-electron chi connectivity index (χ0n) is 17.8. The summed E-state index contributed by atoms with van der Waals surface area (Å²) >= 11 is 0. The van der Waals surface area contributed by atoms with Crippen LogP contribution in [0.1, 0.15) is 66.5 Å². The van der Waals surface area contributed by atoms with Gasteiger partial charge in [0, 0.05) is 39.3 Å². The lowest BCUT2D eigenvalue weighted by Crippen LogP contribution is -2.38. The first-order chi connectivity index (χ1) is 14.0. The first-order valence-corrected chi connectivity index (χ1v) is 10.5. The molecule has 1 aliphatic rings. The van der Waals surface area contributed by atoms with Crippen molar-refractivity contribution < 1.29 is 9.59 Å². The number of rotatable bonds is 6. The fourth-order valence-corrected chi connectivity index (χ4v) is 3.83. The molecule has 0 atom stereocenters. The number of hydrogen-bond donors (Lipinski definition) is 0. The second-order valence-corrected chi connectivity index (χ2v) is 7.05. The molecule has 10 nitrogen and oxygen atoms in total. The maximum atomic E-state index is 13.0. The Bertz CT molecular complexity index is 801. The number of carbonyl (C=O) groups excluding carboxylic acids is 2. The molecule has 0 radical (unpaired) electrons. The van der Waals surface area contributed by atoms with Gasteiger partial charge in [0.1, 0.15) is 0 Å². The Balaban J connectivity index is 1.72. The first kappa shape index (κ1) is 20.9. The van der Waals surface area contributed by atoms with E-state index in [-0.39, 0.29) is 11.8 Å². The van der Waals surface area contributed by atoms with Crippen molar-refractivity contribution in [3.8, 4) is 0 Å². The summed E-state index contributed by atoms with van der Waals surface area (Å²) in [4.78, 5) is 29.6. The van der Waals surface area contributed by atoms with Crippen molar-refractivity contribution in [1.82, 2.24) is 39.8 Å². The van der Waals surface area contributed by atoms with E-state index in [1.165, 1.54) is 0 Å². The number of aromatic nitrogens is 6. The lowest BCUT2D eigenvalue weighted by atomic mass is 10.2. The molecule has 1 saturated heterocycles. The second kappa shape index (κ2) is 9.15. The summed E-state index contributed by atoms with van der Waals surface area (Å²) in [5.74, 6) is -0.218. The van der Waals surface area contributed by atoms with Crippen molar-refractivity contribution in [3.05, 3.63) is 22.8 Å². The molecule has 0 bridgehead atoms. The molecule has 0 unspecified atom stereocenters. The third kappa shape index (κ3) is 4.01. The summed E-state index contributed by atoms with van der Waals surface area (Å²) < 4.78 is 3.54. The van der Waals surface area contributed by atoms with Gasteiger partial charge in [0.15, 0.2) is 11.4 Å². The van der Waals surface area contributed by atoms with Crippen LogP contribution >= 0.6 is 0 Å². The lowest BCUT2D eigenvalue weighted by Gasteiger charge is -2.21. The van der Waals surface area contributed by atoms with Gasteiger partial charge < -0.3 is 9.80 Å². The van der Waals surface area contributed by atoms with Crippen LogP contribution in [0.15, 0.2) is 0 Å². The van der Waals surface area contributed by atoms with Crippen LogP contribution in [0, 0.1) is 0 Å². The zero-order valence-corrected chi connectivity index (χ0v) is 17.8. The maximum Gasteiger partial charge on any atom is 0.276 e. The van der Waals surface area contributed by atoms with Gasteiger partial charge in [-0.3, -0.25) is 9.59 Å². The average Bonchev–Trinajstić information content (AvgIpc) is 3.27.